The Morgan fingerprint density at radius 1 is 1.33 bits per heavy atom. The quantitative estimate of drug-likeness (QED) is 0.680. The molecule has 1 aliphatic rings. The number of hydrogen-bond acceptors (Lipinski definition) is 4. The fraction of sp³-hybridized carbons (Fsp3) is 0.375. The standard InChI is InChI=1S/C16H19N3O5/c1-9(13(21)22)8-19(3)12(20)10-5-4-6-11(7-10)16(2)14(23)17-15(24)18-16/h4-7,9H,8H2,1-3H3,(H,21,22)(H2,17,18,23,24). The zero-order valence-electron chi connectivity index (χ0n) is 13.6. The third-order valence-electron chi connectivity index (χ3n) is 4.05. The fourth-order valence-corrected chi connectivity index (χ4v) is 2.50. The molecule has 3 N–H and O–H groups in total. The minimum absolute atomic E-state index is 0.0624. The lowest BCUT2D eigenvalue weighted by atomic mass is 9.91. The van der Waals surface area contributed by atoms with Crippen LogP contribution >= 0.6 is 0 Å². The molecule has 1 fully saturated rings. The summed E-state index contributed by atoms with van der Waals surface area (Å²) in [6.45, 7) is 3.13. The Hall–Kier alpha value is -2.90. The van der Waals surface area contributed by atoms with Gasteiger partial charge in [-0.25, -0.2) is 4.79 Å². The van der Waals surface area contributed by atoms with Gasteiger partial charge < -0.3 is 15.3 Å². The highest BCUT2D eigenvalue weighted by molar-refractivity contribution is 6.07. The molecule has 1 aromatic carbocycles. The van der Waals surface area contributed by atoms with Crippen molar-refractivity contribution in [2.24, 2.45) is 5.92 Å². The molecule has 128 valence electrons. The monoisotopic (exact) mass is 333 g/mol. The Kier molecular flexibility index (Phi) is 4.59. The lowest BCUT2D eigenvalue weighted by molar-refractivity contribution is -0.141. The number of rotatable bonds is 5. The van der Waals surface area contributed by atoms with E-state index in [1.807, 2.05) is 0 Å². The third-order valence-corrected chi connectivity index (χ3v) is 4.05. The van der Waals surface area contributed by atoms with Gasteiger partial charge in [0.15, 0.2) is 0 Å². The summed E-state index contributed by atoms with van der Waals surface area (Å²) >= 11 is 0. The lowest BCUT2D eigenvalue weighted by Crippen LogP contribution is -2.41. The molecule has 0 spiro atoms. The van der Waals surface area contributed by atoms with Crippen LogP contribution in [0.3, 0.4) is 0 Å². The molecule has 24 heavy (non-hydrogen) atoms. The smallest absolute Gasteiger partial charge is 0.322 e. The first-order valence-electron chi connectivity index (χ1n) is 7.37. The van der Waals surface area contributed by atoms with Crippen LogP contribution in [0.25, 0.3) is 0 Å². The number of benzene rings is 1. The second-order valence-electron chi connectivity index (χ2n) is 6.04. The number of carbonyl (C=O) groups is 4. The summed E-state index contributed by atoms with van der Waals surface area (Å²) in [5, 5.41) is 13.6. The largest absolute Gasteiger partial charge is 0.481 e. The maximum Gasteiger partial charge on any atom is 0.322 e. The number of aliphatic carboxylic acids is 1. The molecule has 2 rings (SSSR count). The molecule has 1 aliphatic heterocycles. The van der Waals surface area contributed by atoms with Crippen molar-refractivity contribution < 1.29 is 24.3 Å². The van der Waals surface area contributed by atoms with Crippen LogP contribution in [0.5, 0.6) is 0 Å². The minimum atomic E-state index is -1.25. The molecular weight excluding hydrogens is 314 g/mol. The zero-order chi connectivity index (χ0) is 18.1. The molecule has 1 heterocycles. The molecule has 8 nitrogen and oxygen atoms in total. The van der Waals surface area contributed by atoms with Crippen LogP contribution in [0, 0.1) is 5.92 Å². The molecule has 0 radical (unpaired) electrons. The van der Waals surface area contributed by atoms with Gasteiger partial charge in [0.2, 0.25) is 0 Å². The van der Waals surface area contributed by atoms with Crippen LogP contribution in [-0.2, 0) is 15.1 Å². The number of carboxylic acid groups (broad SMARTS) is 1. The van der Waals surface area contributed by atoms with Crippen molar-refractivity contribution in [1.82, 2.24) is 15.5 Å². The minimum Gasteiger partial charge on any atom is -0.481 e. The molecule has 0 aliphatic carbocycles. The summed E-state index contributed by atoms with van der Waals surface area (Å²) in [6.07, 6.45) is 0. The highest BCUT2D eigenvalue weighted by atomic mass is 16.4. The molecule has 1 aromatic rings. The number of nitrogens with one attached hydrogen (secondary N) is 2. The number of amides is 4. The lowest BCUT2D eigenvalue weighted by Gasteiger charge is -2.23. The van der Waals surface area contributed by atoms with Crippen molar-refractivity contribution in [2.45, 2.75) is 19.4 Å². The van der Waals surface area contributed by atoms with Crippen LogP contribution in [0.4, 0.5) is 4.79 Å². The summed E-state index contributed by atoms with van der Waals surface area (Å²) in [5.74, 6) is -2.54. The summed E-state index contributed by atoms with van der Waals surface area (Å²) in [7, 11) is 1.51. The van der Waals surface area contributed by atoms with E-state index in [9.17, 15) is 19.2 Å². The van der Waals surface area contributed by atoms with Crippen molar-refractivity contribution >= 4 is 23.8 Å². The summed E-state index contributed by atoms with van der Waals surface area (Å²) in [6, 6.07) is 5.76. The molecule has 4 amide bonds. The Balaban J connectivity index is 2.24. The van der Waals surface area contributed by atoms with Gasteiger partial charge >= 0.3 is 12.0 Å². The van der Waals surface area contributed by atoms with Gasteiger partial charge in [-0.1, -0.05) is 19.1 Å². The third kappa shape index (κ3) is 3.22. The number of hydrogen-bond donors (Lipinski definition) is 3. The van der Waals surface area contributed by atoms with Gasteiger partial charge in [0.05, 0.1) is 5.92 Å². The van der Waals surface area contributed by atoms with Gasteiger partial charge in [0, 0.05) is 19.2 Å². The number of carboxylic acids is 1. The van der Waals surface area contributed by atoms with E-state index in [2.05, 4.69) is 10.6 Å². The van der Waals surface area contributed by atoms with Crippen molar-refractivity contribution in [3.63, 3.8) is 0 Å². The van der Waals surface area contributed by atoms with Crippen molar-refractivity contribution in [2.75, 3.05) is 13.6 Å². The van der Waals surface area contributed by atoms with Gasteiger partial charge in [0.1, 0.15) is 5.54 Å². The predicted molar refractivity (Wildman–Crippen MR) is 84.2 cm³/mol. The van der Waals surface area contributed by atoms with E-state index >= 15 is 0 Å². The van der Waals surface area contributed by atoms with E-state index in [1.54, 1.807) is 25.1 Å². The van der Waals surface area contributed by atoms with Crippen LogP contribution in [0.1, 0.15) is 29.8 Å². The summed E-state index contributed by atoms with van der Waals surface area (Å²) < 4.78 is 0. The molecule has 2 atom stereocenters. The Labute approximate surface area is 138 Å². The number of imide groups is 1. The molecule has 8 heteroatoms. The van der Waals surface area contributed by atoms with Gasteiger partial charge in [-0.2, -0.15) is 0 Å². The van der Waals surface area contributed by atoms with E-state index < -0.39 is 29.4 Å². The first-order valence-corrected chi connectivity index (χ1v) is 7.37. The molecular formula is C16H19N3O5. The molecule has 0 aromatic heterocycles. The maximum atomic E-state index is 12.5. The average Bonchev–Trinajstić information content (AvgIpc) is 2.80. The molecule has 0 bridgehead atoms. The number of carbonyl (C=O) groups excluding carboxylic acids is 3. The van der Waals surface area contributed by atoms with Crippen LogP contribution in [0.15, 0.2) is 24.3 Å². The van der Waals surface area contributed by atoms with Gasteiger partial charge in [0.25, 0.3) is 11.8 Å². The first-order chi connectivity index (χ1) is 11.1. The van der Waals surface area contributed by atoms with Gasteiger partial charge in [-0.3, -0.25) is 19.7 Å². The first kappa shape index (κ1) is 17.5. The summed E-state index contributed by atoms with van der Waals surface area (Å²) in [5.41, 5.74) is -0.473. The van der Waals surface area contributed by atoms with Crippen molar-refractivity contribution in [3.05, 3.63) is 35.4 Å². The maximum absolute atomic E-state index is 12.5. The predicted octanol–water partition coefficient (Wildman–Crippen LogP) is 0.534. The van der Waals surface area contributed by atoms with E-state index in [1.165, 1.54) is 24.9 Å². The fourth-order valence-electron chi connectivity index (χ4n) is 2.50. The normalized spacial score (nSPS) is 21.0. The zero-order valence-corrected chi connectivity index (χ0v) is 13.6. The molecule has 2 unspecified atom stereocenters. The van der Waals surface area contributed by atoms with Crippen molar-refractivity contribution in [1.29, 1.82) is 0 Å². The average molecular weight is 333 g/mol. The second-order valence-corrected chi connectivity index (χ2v) is 6.04. The molecule has 1 saturated heterocycles. The van der Waals surface area contributed by atoms with Gasteiger partial charge in [-0.15, -0.1) is 0 Å². The Morgan fingerprint density at radius 3 is 2.54 bits per heavy atom. The number of nitrogens with zero attached hydrogens (tertiary/aromatic N) is 1. The van der Waals surface area contributed by atoms with E-state index in [0.29, 0.717) is 11.1 Å². The second kappa shape index (κ2) is 6.31. The Morgan fingerprint density at radius 2 is 2.00 bits per heavy atom. The van der Waals surface area contributed by atoms with Crippen LogP contribution in [0.2, 0.25) is 0 Å². The van der Waals surface area contributed by atoms with Crippen LogP contribution < -0.4 is 10.6 Å². The van der Waals surface area contributed by atoms with Crippen LogP contribution in [-0.4, -0.2) is 47.4 Å². The van der Waals surface area contributed by atoms with E-state index in [-0.39, 0.29) is 12.5 Å². The van der Waals surface area contributed by atoms with E-state index in [0.717, 1.165) is 0 Å². The molecule has 0 saturated carbocycles. The van der Waals surface area contributed by atoms with Gasteiger partial charge in [-0.05, 0) is 24.6 Å². The Bertz CT molecular complexity index is 717. The summed E-state index contributed by atoms with van der Waals surface area (Å²) in [4.78, 5) is 48.1. The highest BCUT2D eigenvalue weighted by Crippen LogP contribution is 2.25. The topological polar surface area (TPSA) is 116 Å². The van der Waals surface area contributed by atoms with E-state index in [4.69, 9.17) is 5.11 Å². The number of urea groups is 1. The highest BCUT2D eigenvalue weighted by Gasteiger charge is 2.43. The van der Waals surface area contributed by atoms with Crippen molar-refractivity contribution in [3.8, 4) is 0 Å². The SMILES string of the molecule is CC(CN(C)C(=O)c1cccc(C2(C)NC(=O)NC2=O)c1)C(=O)O.